The molecule has 1 aromatic carbocycles. The fourth-order valence-corrected chi connectivity index (χ4v) is 5.13. The van der Waals surface area contributed by atoms with Crippen molar-refractivity contribution < 1.29 is 19.7 Å². The van der Waals surface area contributed by atoms with Crippen molar-refractivity contribution in [2.45, 2.75) is 38.2 Å². The topological polar surface area (TPSA) is 96.0 Å². The molecular formula is C20H30N2O4. The second-order valence-electron chi connectivity index (χ2n) is 7.98. The number of nitrogens with two attached hydrogens (primary N) is 1. The first kappa shape index (κ1) is 19.0. The van der Waals surface area contributed by atoms with Gasteiger partial charge < -0.3 is 25.6 Å². The van der Waals surface area contributed by atoms with Gasteiger partial charge in [-0.3, -0.25) is 4.79 Å². The van der Waals surface area contributed by atoms with Gasteiger partial charge in [-0.25, -0.2) is 0 Å². The summed E-state index contributed by atoms with van der Waals surface area (Å²) >= 11 is 0. The number of carboxylic acid groups (broad SMARTS) is 1. The Balaban J connectivity index is 2.01. The van der Waals surface area contributed by atoms with Crippen molar-refractivity contribution in [2.24, 2.45) is 17.8 Å². The SMILES string of the molecule is CCC1CN2CCC1C(C(C)(O)C(C(=O)O)c1cc(OC)ccc1N)C2. The third-order valence-corrected chi connectivity index (χ3v) is 6.56. The Kier molecular flexibility index (Phi) is 5.17. The third-order valence-electron chi connectivity index (χ3n) is 6.56. The maximum Gasteiger partial charge on any atom is 0.314 e. The number of benzene rings is 1. The molecule has 3 aliphatic rings. The van der Waals surface area contributed by atoms with Gasteiger partial charge in [0.15, 0.2) is 0 Å². The molecule has 0 saturated carbocycles. The van der Waals surface area contributed by atoms with Crippen LogP contribution in [0.2, 0.25) is 0 Å². The van der Waals surface area contributed by atoms with Crippen LogP contribution in [0.25, 0.3) is 0 Å². The van der Waals surface area contributed by atoms with Crippen LogP contribution in [0.5, 0.6) is 5.75 Å². The zero-order valence-corrected chi connectivity index (χ0v) is 15.8. The number of aliphatic carboxylic acids is 1. The van der Waals surface area contributed by atoms with Crippen LogP contribution in [0.15, 0.2) is 18.2 Å². The minimum Gasteiger partial charge on any atom is -0.497 e. The van der Waals surface area contributed by atoms with Crippen LogP contribution in [0.1, 0.15) is 38.2 Å². The predicted octanol–water partition coefficient (Wildman–Crippen LogP) is 2.17. The zero-order chi connectivity index (χ0) is 19.1. The number of methoxy groups -OCH3 is 1. The molecule has 144 valence electrons. The molecular weight excluding hydrogens is 332 g/mol. The molecule has 0 amide bonds. The molecule has 4 N–H and O–H groups in total. The monoisotopic (exact) mass is 362 g/mol. The third kappa shape index (κ3) is 3.16. The molecule has 6 nitrogen and oxygen atoms in total. The van der Waals surface area contributed by atoms with Crippen LogP contribution in [0, 0.1) is 17.8 Å². The lowest BCUT2D eigenvalue weighted by Crippen LogP contribution is -2.61. The summed E-state index contributed by atoms with van der Waals surface area (Å²) in [5.41, 5.74) is 5.49. The lowest BCUT2D eigenvalue weighted by Gasteiger charge is -2.55. The number of piperidine rings is 3. The molecule has 6 heteroatoms. The van der Waals surface area contributed by atoms with Crippen LogP contribution in [0.3, 0.4) is 0 Å². The maximum atomic E-state index is 12.2. The van der Waals surface area contributed by atoms with E-state index in [2.05, 4.69) is 11.8 Å². The normalized spacial score (nSPS) is 31.2. The minimum atomic E-state index is -1.40. The number of carboxylic acids is 1. The summed E-state index contributed by atoms with van der Waals surface area (Å²) in [4.78, 5) is 14.6. The van der Waals surface area contributed by atoms with Gasteiger partial charge in [0.25, 0.3) is 0 Å². The summed E-state index contributed by atoms with van der Waals surface area (Å²) in [5, 5.41) is 21.5. The highest BCUT2D eigenvalue weighted by Crippen LogP contribution is 2.48. The van der Waals surface area contributed by atoms with Crippen molar-refractivity contribution in [3.05, 3.63) is 23.8 Å². The van der Waals surface area contributed by atoms with E-state index in [9.17, 15) is 15.0 Å². The van der Waals surface area contributed by atoms with Crippen molar-refractivity contribution in [3.8, 4) is 5.75 Å². The Hall–Kier alpha value is -1.79. The van der Waals surface area contributed by atoms with Gasteiger partial charge in [-0.2, -0.15) is 0 Å². The van der Waals surface area contributed by atoms with Crippen LogP contribution in [0.4, 0.5) is 5.69 Å². The van der Waals surface area contributed by atoms with Crippen LogP contribution in [-0.4, -0.2) is 53.4 Å². The summed E-state index contributed by atoms with van der Waals surface area (Å²) in [7, 11) is 1.53. The number of fused-ring (bicyclic) bond motifs is 3. The largest absolute Gasteiger partial charge is 0.497 e. The smallest absolute Gasteiger partial charge is 0.314 e. The fraction of sp³-hybridized carbons (Fsp3) is 0.650. The summed E-state index contributed by atoms with van der Waals surface area (Å²) < 4.78 is 5.24. The molecule has 6 atom stereocenters. The molecule has 0 radical (unpaired) electrons. The Labute approximate surface area is 154 Å². The van der Waals surface area contributed by atoms with Gasteiger partial charge in [-0.1, -0.05) is 13.3 Å². The first-order chi connectivity index (χ1) is 12.3. The number of nitrogen functional groups attached to an aromatic ring is 1. The van der Waals surface area contributed by atoms with E-state index >= 15 is 0 Å². The molecule has 26 heavy (non-hydrogen) atoms. The quantitative estimate of drug-likeness (QED) is 0.671. The van der Waals surface area contributed by atoms with Crippen molar-refractivity contribution >= 4 is 11.7 Å². The highest BCUT2D eigenvalue weighted by Gasteiger charge is 2.53. The number of carbonyl (C=O) groups is 1. The van der Waals surface area contributed by atoms with E-state index in [1.807, 2.05) is 0 Å². The summed E-state index contributed by atoms with van der Waals surface area (Å²) in [6.45, 7) is 6.66. The zero-order valence-electron chi connectivity index (χ0n) is 15.8. The number of aliphatic hydroxyl groups is 1. The van der Waals surface area contributed by atoms with Gasteiger partial charge in [-0.15, -0.1) is 0 Å². The Bertz CT molecular complexity index is 676. The van der Waals surface area contributed by atoms with Gasteiger partial charge >= 0.3 is 5.97 Å². The first-order valence-corrected chi connectivity index (χ1v) is 9.40. The van der Waals surface area contributed by atoms with Crippen molar-refractivity contribution in [2.75, 3.05) is 32.5 Å². The summed E-state index contributed by atoms with van der Waals surface area (Å²) in [5.74, 6) is -0.863. The number of hydrogen-bond donors (Lipinski definition) is 3. The fourth-order valence-electron chi connectivity index (χ4n) is 5.13. The Morgan fingerprint density at radius 2 is 2.19 bits per heavy atom. The number of hydrogen-bond acceptors (Lipinski definition) is 5. The summed E-state index contributed by atoms with van der Waals surface area (Å²) in [6.07, 6.45) is 2.06. The average Bonchev–Trinajstić information content (AvgIpc) is 2.63. The molecule has 4 rings (SSSR count). The van der Waals surface area contributed by atoms with Crippen molar-refractivity contribution in [3.63, 3.8) is 0 Å². The second kappa shape index (κ2) is 7.08. The second-order valence-corrected chi connectivity index (χ2v) is 7.98. The highest BCUT2D eigenvalue weighted by atomic mass is 16.5. The van der Waals surface area contributed by atoms with Crippen LogP contribution >= 0.6 is 0 Å². The molecule has 3 fully saturated rings. The molecule has 3 saturated heterocycles. The molecule has 0 spiro atoms. The van der Waals surface area contributed by atoms with Crippen molar-refractivity contribution in [1.82, 2.24) is 4.90 Å². The standard InChI is InChI=1S/C20H30N2O4/c1-4-12-10-22-8-7-14(12)16(11-22)20(2,25)18(19(23)24)15-9-13(26-3)5-6-17(15)21/h5-6,9,12,14,16,18,25H,4,7-8,10-11,21H2,1-3H3,(H,23,24). The number of nitrogens with zero attached hydrogens (tertiary/aromatic N) is 1. The van der Waals surface area contributed by atoms with E-state index in [-0.39, 0.29) is 5.92 Å². The van der Waals surface area contributed by atoms with E-state index in [0.717, 1.165) is 32.5 Å². The van der Waals surface area contributed by atoms with E-state index in [4.69, 9.17) is 10.5 Å². The van der Waals surface area contributed by atoms with Crippen molar-refractivity contribution in [1.29, 1.82) is 0 Å². The lowest BCUT2D eigenvalue weighted by molar-refractivity contribution is -0.158. The van der Waals surface area contributed by atoms with Gasteiger partial charge in [0, 0.05) is 24.7 Å². The average molecular weight is 362 g/mol. The first-order valence-electron chi connectivity index (χ1n) is 9.40. The van der Waals surface area contributed by atoms with Crippen LogP contribution in [-0.2, 0) is 4.79 Å². The van der Waals surface area contributed by atoms with Gasteiger partial charge in [0.05, 0.1) is 12.7 Å². The van der Waals surface area contributed by atoms with E-state index in [1.54, 1.807) is 25.1 Å². The van der Waals surface area contributed by atoms with E-state index < -0.39 is 17.5 Å². The molecule has 0 aliphatic carbocycles. The van der Waals surface area contributed by atoms with Gasteiger partial charge in [0.1, 0.15) is 11.7 Å². The molecule has 6 unspecified atom stereocenters. The van der Waals surface area contributed by atoms with Gasteiger partial charge in [-0.05, 0) is 55.5 Å². The minimum absolute atomic E-state index is 0.0957. The Morgan fingerprint density at radius 3 is 2.77 bits per heavy atom. The molecule has 0 aromatic heterocycles. The van der Waals surface area contributed by atoms with E-state index in [1.165, 1.54) is 7.11 Å². The molecule has 2 bridgehead atoms. The number of rotatable bonds is 6. The van der Waals surface area contributed by atoms with Crippen LogP contribution < -0.4 is 10.5 Å². The van der Waals surface area contributed by atoms with E-state index in [0.29, 0.717) is 28.8 Å². The van der Waals surface area contributed by atoms with Gasteiger partial charge in [0.2, 0.25) is 0 Å². The molecule has 3 heterocycles. The predicted molar refractivity (Wildman–Crippen MR) is 100 cm³/mol. The maximum absolute atomic E-state index is 12.2. The Morgan fingerprint density at radius 1 is 1.46 bits per heavy atom. The molecule has 1 aromatic rings. The highest BCUT2D eigenvalue weighted by molar-refractivity contribution is 5.80. The molecule has 3 aliphatic heterocycles. The summed E-state index contributed by atoms with van der Waals surface area (Å²) in [6, 6.07) is 4.99. The number of anilines is 1. The lowest BCUT2D eigenvalue weighted by atomic mass is 9.61. The number of ether oxygens (including phenoxy) is 1.